The number of esters is 1. The van der Waals surface area contributed by atoms with Gasteiger partial charge in [-0.2, -0.15) is 0 Å². The van der Waals surface area contributed by atoms with Crippen molar-refractivity contribution in [2.24, 2.45) is 17.3 Å². The fourth-order valence-corrected chi connectivity index (χ4v) is 6.12. The molecular weight excluding hydrogens is 432 g/mol. The van der Waals surface area contributed by atoms with Gasteiger partial charge in [-0.25, -0.2) is 0 Å². The molecule has 3 nitrogen and oxygen atoms in total. The lowest BCUT2D eigenvalue weighted by Gasteiger charge is -2.33. The molecule has 2 atom stereocenters. The van der Waals surface area contributed by atoms with Crippen LogP contribution >= 0.6 is 0 Å². The first-order chi connectivity index (χ1) is 16.2. The van der Waals surface area contributed by atoms with Gasteiger partial charge in [-0.15, -0.1) is 0 Å². The molecule has 0 aliphatic heterocycles. The number of ketones is 1. The highest BCUT2D eigenvalue weighted by molar-refractivity contribution is 5.86. The Labute approximate surface area is 211 Å². The molecule has 0 spiro atoms. The molecular formula is C32H42O3. The van der Waals surface area contributed by atoms with Crippen LogP contribution in [0.15, 0.2) is 36.4 Å². The largest absolute Gasteiger partial charge is 0.460 e. The van der Waals surface area contributed by atoms with Crippen molar-refractivity contribution < 1.29 is 14.3 Å². The minimum atomic E-state index is -0.507. The first kappa shape index (κ1) is 25.7. The molecule has 0 heterocycles. The Balaban J connectivity index is 1.70. The first-order valence-corrected chi connectivity index (χ1v) is 13.2. The van der Waals surface area contributed by atoms with Crippen LogP contribution in [0, 0.1) is 31.1 Å². The van der Waals surface area contributed by atoms with Gasteiger partial charge < -0.3 is 4.74 Å². The molecule has 0 saturated heterocycles. The molecule has 1 fully saturated rings. The number of carbonyl (C=O) groups is 2. The lowest BCUT2D eigenvalue weighted by Crippen LogP contribution is -2.30. The second-order valence-corrected chi connectivity index (χ2v) is 13.0. The molecule has 1 saturated carbocycles. The van der Waals surface area contributed by atoms with Crippen molar-refractivity contribution >= 4 is 11.8 Å². The Bertz CT molecular complexity index is 1090. The number of fused-ring (bicyclic) bond motifs is 3. The van der Waals surface area contributed by atoms with Crippen molar-refractivity contribution in [1.82, 2.24) is 0 Å². The summed E-state index contributed by atoms with van der Waals surface area (Å²) in [5.74, 6) is 0.888. The van der Waals surface area contributed by atoms with Gasteiger partial charge in [0.15, 0.2) is 0 Å². The van der Waals surface area contributed by atoms with Gasteiger partial charge in [0.2, 0.25) is 0 Å². The number of Topliss-reactive ketones (excluding diaryl/α,β-unsaturated/α-hetero) is 1. The van der Waals surface area contributed by atoms with Gasteiger partial charge in [0.05, 0.1) is 0 Å². The van der Waals surface area contributed by atoms with E-state index in [0.29, 0.717) is 31.0 Å². The van der Waals surface area contributed by atoms with Gasteiger partial charge in [-0.1, -0.05) is 68.3 Å². The average molecular weight is 475 g/mol. The Morgan fingerprint density at radius 3 is 1.83 bits per heavy atom. The van der Waals surface area contributed by atoms with Crippen molar-refractivity contribution in [3.8, 4) is 11.1 Å². The summed E-state index contributed by atoms with van der Waals surface area (Å²) in [5, 5.41) is 0. The molecule has 2 aliphatic rings. The molecule has 0 N–H and O–H groups in total. The Morgan fingerprint density at radius 2 is 1.37 bits per heavy atom. The van der Waals surface area contributed by atoms with Crippen LogP contribution in [0.5, 0.6) is 0 Å². The lowest BCUT2D eigenvalue weighted by atomic mass is 9.70. The van der Waals surface area contributed by atoms with E-state index in [4.69, 9.17) is 4.74 Å². The minimum absolute atomic E-state index is 0.173. The molecule has 2 aliphatic carbocycles. The number of benzene rings is 2. The second-order valence-electron chi connectivity index (χ2n) is 13.0. The molecule has 0 radical (unpaired) electrons. The lowest BCUT2D eigenvalue weighted by molar-refractivity contribution is -0.155. The van der Waals surface area contributed by atoms with Gasteiger partial charge in [0, 0.05) is 24.2 Å². The van der Waals surface area contributed by atoms with Crippen LogP contribution in [0.25, 0.3) is 11.1 Å². The third-order valence-corrected chi connectivity index (χ3v) is 7.96. The number of ether oxygens (including phenoxy) is 1. The molecule has 2 aromatic rings. The van der Waals surface area contributed by atoms with Gasteiger partial charge >= 0.3 is 5.97 Å². The zero-order chi connectivity index (χ0) is 25.8. The standard InChI is InChI=1S/C32H42O3/c1-20-9-11-22-23-12-10-21(2)18-27(23)32(26(22)17-20,16-14-29(34)35-31(6,7)8)15-13-28(33)24-19-25(24)30(3,4)5/h9-12,17-18,24-25H,13-16,19H2,1-8H3/t24?,25-/m0/s1. The normalized spacial score (nSPS) is 20.2. The van der Waals surface area contributed by atoms with E-state index >= 15 is 0 Å². The predicted octanol–water partition coefficient (Wildman–Crippen LogP) is 7.72. The molecule has 4 rings (SSSR count). The minimum Gasteiger partial charge on any atom is -0.460 e. The summed E-state index contributed by atoms with van der Waals surface area (Å²) < 4.78 is 5.69. The van der Waals surface area contributed by atoms with E-state index in [-0.39, 0.29) is 22.7 Å². The van der Waals surface area contributed by atoms with E-state index in [1.165, 1.54) is 33.4 Å². The van der Waals surface area contributed by atoms with E-state index in [9.17, 15) is 9.59 Å². The van der Waals surface area contributed by atoms with Gasteiger partial charge in [0.1, 0.15) is 11.4 Å². The van der Waals surface area contributed by atoms with E-state index in [0.717, 1.165) is 12.8 Å². The smallest absolute Gasteiger partial charge is 0.306 e. The average Bonchev–Trinajstić information content (AvgIpc) is 3.51. The quantitative estimate of drug-likeness (QED) is 0.386. The summed E-state index contributed by atoms with van der Waals surface area (Å²) in [6, 6.07) is 13.3. The summed E-state index contributed by atoms with van der Waals surface area (Å²) in [5.41, 5.74) is 6.72. The van der Waals surface area contributed by atoms with Crippen LogP contribution in [0.3, 0.4) is 0 Å². The molecule has 0 bridgehead atoms. The number of hydrogen-bond acceptors (Lipinski definition) is 3. The number of hydrogen-bond donors (Lipinski definition) is 0. The summed E-state index contributed by atoms with van der Waals surface area (Å²) in [4.78, 5) is 26.2. The molecule has 1 unspecified atom stereocenters. The molecule has 2 aromatic carbocycles. The number of rotatable bonds is 7. The van der Waals surface area contributed by atoms with Crippen molar-refractivity contribution in [2.45, 2.75) is 98.5 Å². The maximum atomic E-state index is 13.4. The van der Waals surface area contributed by atoms with E-state index in [1.54, 1.807) is 0 Å². The Morgan fingerprint density at radius 1 is 0.857 bits per heavy atom. The molecule has 35 heavy (non-hydrogen) atoms. The molecule has 0 amide bonds. The van der Waals surface area contributed by atoms with E-state index in [1.807, 2.05) is 20.8 Å². The SMILES string of the molecule is Cc1ccc2c(c1)C(CCC(=O)OC(C)(C)C)(CCC(=O)C1C[C@@H]1C(C)(C)C)c1cc(C)ccc1-2. The highest BCUT2D eigenvalue weighted by Crippen LogP contribution is 2.56. The molecule has 0 aromatic heterocycles. The first-order valence-electron chi connectivity index (χ1n) is 13.2. The molecule has 3 heteroatoms. The maximum absolute atomic E-state index is 13.4. The monoisotopic (exact) mass is 474 g/mol. The van der Waals surface area contributed by atoms with Crippen LogP contribution in [-0.4, -0.2) is 17.4 Å². The second kappa shape index (κ2) is 8.91. The fourth-order valence-electron chi connectivity index (χ4n) is 6.12. The summed E-state index contributed by atoms with van der Waals surface area (Å²) in [7, 11) is 0. The number of aryl methyl sites for hydroxylation is 2. The highest BCUT2D eigenvalue weighted by Gasteiger charge is 2.50. The zero-order valence-corrected chi connectivity index (χ0v) is 22.9. The van der Waals surface area contributed by atoms with Crippen molar-refractivity contribution in [1.29, 1.82) is 0 Å². The predicted molar refractivity (Wildman–Crippen MR) is 143 cm³/mol. The van der Waals surface area contributed by atoms with Crippen LogP contribution in [-0.2, 0) is 19.7 Å². The number of carbonyl (C=O) groups excluding carboxylic acids is 2. The summed E-state index contributed by atoms with van der Waals surface area (Å²) in [6.07, 6.45) is 3.27. The van der Waals surface area contributed by atoms with Crippen molar-refractivity contribution in [3.63, 3.8) is 0 Å². The highest BCUT2D eigenvalue weighted by atomic mass is 16.6. The fraction of sp³-hybridized carbons (Fsp3) is 0.562. The van der Waals surface area contributed by atoms with Crippen LogP contribution in [0.2, 0.25) is 0 Å². The maximum Gasteiger partial charge on any atom is 0.306 e. The van der Waals surface area contributed by atoms with Gasteiger partial charge in [-0.3, -0.25) is 9.59 Å². The van der Waals surface area contributed by atoms with Gasteiger partial charge in [0.25, 0.3) is 0 Å². The Kier molecular flexibility index (Phi) is 6.53. The summed E-state index contributed by atoms with van der Waals surface area (Å²) >= 11 is 0. The van der Waals surface area contributed by atoms with Crippen LogP contribution < -0.4 is 0 Å². The molecule has 188 valence electrons. The third kappa shape index (κ3) is 5.25. The van der Waals surface area contributed by atoms with Crippen molar-refractivity contribution in [3.05, 3.63) is 58.7 Å². The van der Waals surface area contributed by atoms with Crippen LogP contribution in [0.1, 0.15) is 95.9 Å². The zero-order valence-electron chi connectivity index (χ0n) is 22.9. The Hall–Kier alpha value is -2.42. The topological polar surface area (TPSA) is 43.4 Å². The van der Waals surface area contributed by atoms with Crippen LogP contribution in [0.4, 0.5) is 0 Å². The third-order valence-electron chi connectivity index (χ3n) is 7.96. The summed E-state index contributed by atoms with van der Waals surface area (Å²) in [6.45, 7) is 16.7. The van der Waals surface area contributed by atoms with E-state index in [2.05, 4.69) is 71.0 Å². The van der Waals surface area contributed by atoms with Gasteiger partial charge in [-0.05, 0) is 87.5 Å². The van der Waals surface area contributed by atoms with Crippen molar-refractivity contribution in [2.75, 3.05) is 0 Å². The van der Waals surface area contributed by atoms with E-state index < -0.39 is 5.60 Å².